The highest BCUT2D eigenvalue weighted by Crippen LogP contribution is 2.47. The Bertz CT molecular complexity index is 407. The number of benzene rings is 1. The van der Waals surface area contributed by atoms with Crippen LogP contribution in [0.5, 0.6) is 0 Å². The molecule has 0 spiro atoms. The Morgan fingerprint density at radius 1 is 1.18 bits per heavy atom. The van der Waals surface area contributed by atoms with Gasteiger partial charge in [-0.3, -0.25) is 0 Å². The Balaban J connectivity index is 2.96. The molecule has 0 radical (unpaired) electrons. The van der Waals surface area contributed by atoms with Crippen molar-refractivity contribution >= 4 is 29.1 Å². The predicted molar refractivity (Wildman–Crippen MR) is 57.3 cm³/mol. The molecule has 8 heteroatoms. The van der Waals surface area contributed by atoms with Crippen molar-refractivity contribution in [2.24, 2.45) is 0 Å². The van der Waals surface area contributed by atoms with E-state index >= 15 is 0 Å². The van der Waals surface area contributed by atoms with E-state index < -0.39 is 23.2 Å². The molecule has 0 atom stereocenters. The van der Waals surface area contributed by atoms with Gasteiger partial charge in [-0.1, -0.05) is 0 Å². The average molecular weight is 292 g/mol. The minimum Gasteiger partial charge on any atom is -0.398 e. The van der Waals surface area contributed by atoms with Gasteiger partial charge in [0, 0.05) is 16.5 Å². The molecule has 17 heavy (non-hydrogen) atoms. The first-order chi connectivity index (χ1) is 7.67. The number of alkyl halides is 6. The Labute approximate surface area is 103 Å². The van der Waals surface area contributed by atoms with Crippen molar-refractivity contribution < 1.29 is 22.0 Å². The first-order valence-corrected chi connectivity index (χ1v) is 5.60. The molecule has 1 aromatic rings. The highest BCUT2D eigenvalue weighted by Gasteiger charge is 2.58. The summed E-state index contributed by atoms with van der Waals surface area (Å²) in [6.07, 6.45) is -5.60. The van der Waals surface area contributed by atoms with Crippen LogP contribution in [0.2, 0.25) is 0 Å². The zero-order valence-electron chi connectivity index (χ0n) is 8.19. The van der Waals surface area contributed by atoms with E-state index in [1.807, 2.05) is 0 Å². The number of thioether (sulfide) groups is 1. The molecule has 0 heterocycles. The minimum atomic E-state index is -5.60. The molecule has 1 aromatic carbocycles. The van der Waals surface area contributed by atoms with Gasteiger partial charge in [0.25, 0.3) is 0 Å². The number of anilines is 1. The van der Waals surface area contributed by atoms with Crippen LogP contribution in [0.1, 0.15) is 5.56 Å². The van der Waals surface area contributed by atoms with Crippen molar-refractivity contribution in [3.63, 3.8) is 0 Å². The molecule has 2 N–H and O–H groups in total. The summed E-state index contributed by atoms with van der Waals surface area (Å²) in [6, 6.07) is 3.45. The van der Waals surface area contributed by atoms with E-state index in [0.29, 0.717) is 5.56 Å². The van der Waals surface area contributed by atoms with Gasteiger partial charge in [0.1, 0.15) is 0 Å². The molecule has 0 aliphatic carbocycles. The second-order valence-electron chi connectivity index (χ2n) is 3.11. The number of rotatable bonds is 3. The quantitative estimate of drug-likeness (QED) is 0.390. The topological polar surface area (TPSA) is 26.0 Å². The fourth-order valence-electron chi connectivity index (χ4n) is 0.967. The third-order valence-corrected chi connectivity index (χ3v) is 3.10. The molecule has 0 aromatic heterocycles. The third kappa shape index (κ3) is 3.38. The van der Waals surface area contributed by atoms with Crippen LogP contribution in [0.3, 0.4) is 0 Å². The number of nitrogen functional groups attached to an aromatic ring is 1. The van der Waals surface area contributed by atoms with Gasteiger partial charge >= 0.3 is 11.4 Å². The molecule has 0 saturated carbocycles. The van der Waals surface area contributed by atoms with Crippen LogP contribution in [0.25, 0.3) is 0 Å². The van der Waals surface area contributed by atoms with E-state index in [4.69, 9.17) is 17.3 Å². The Morgan fingerprint density at radius 2 is 1.76 bits per heavy atom. The van der Waals surface area contributed by atoms with Gasteiger partial charge in [0.15, 0.2) is 0 Å². The van der Waals surface area contributed by atoms with E-state index in [1.165, 1.54) is 6.07 Å². The fraction of sp³-hybridized carbons (Fsp3) is 0.333. The summed E-state index contributed by atoms with van der Waals surface area (Å²) in [6.45, 7) is 0. The molecule has 1 rings (SSSR count). The Hall–Kier alpha value is -0.690. The second kappa shape index (κ2) is 4.89. The first kappa shape index (κ1) is 14.4. The van der Waals surface area contributed by atoms with Crippen molar-refractivity contribution in [1.82, 2.24) is 0 Å². The lowest BCUT2D eigenvalue weighted by atomic mass is 10.2. The van der Waals surface area contributed by atoms with Gasteiger partial charge in [-0.15, -0.1) is 11.6 Å². The molecule has 0 bridgehead atoms. The van der Waals surface area contributed by atoms with E-state index in [-0.39, 0.29) is 16.5 Å². The normalized spacial score (nSPS) is 12.8. The lowest BCUT2D eigenvalue weighted by Crippen LogP contribution is -2.32. The Kier molecular flexibility index (Phi) is 4.14. The fourth-order valence-corrected chi connectivity index (χ4v) is 1.95. The van der Waals surface area contributed by atoms with Gasteiger partial charge in [-0.25, -0.2) is 0 Å². The zero-order chi connectivity index (χ0) is 13.3. The molecule has 0 amide bonds. The summed E-state index contributed by atoms with van der Waals surface area (Å²) in [5.41, 5.74) is 6.01. The van der Waals surface area contributed by atoms with E-state index in [2.05, 4.69) is 0 Å². The van der Waals surface area contributed by atoms with Crippen LogP contribution < -0.4 is 5.73 Å². The van der Waals surface area contributed by atoms with Gasteiger partial charge in [0.05, 0.1) is 0 Å². The largest absolute Gasteiger partial charge is 0.464 e. The van der Waals surface area contributed by atoms with Crippen molar-refractivity contribution in [3.05, 3.63) is 23.8 Å². The summed E-state index contributed by atoms with van der Waals surface area (Å²) in [5, 5.41) is -4.84. The number of hydrogen-bond acceptors (Lipinski definition) is 2. The molecule has 0 unspecified atom stereocenters. The maximum atomic E-state index is 12.7. The summed E-state index contributed by atoms with van der Waals surface area (Å²) in [4.78, 5) is -0.239. The third-order valence-electron chi connectivity index (χ3n) is 1.83. The lowest BCUT2D eigenvalue weighted by Gasteiger charge is -2.19. The minimum absolute atomic E-state index is 0.0577. The van der Waals surface area contributed by atoms with Crippen LogP contribution in [-0.4, -0.2) is 11.4 Å². The van der Waals surface area contributed by atoms with Gasteiger partial charge in [-0.2, -0.15) is 22.0 Å². The molecule has 1 nitrogen and oxygen atoms in total. The van der Waals surface area contributed by atoms with Crippen LogP contribution in [0.15, 0.2) is 23.1 Å². The van der Waals surface area contributed by atoms with Gasteiger partial charge in [-0.05, 0) is 35.5 Å². The maximum absolute atomic E-state index is 12.7. The van der Waals surface area contributed by atoms with Gasteiger partial charge < -0.3 is 5.73 Å². The Morgan fingerprint density at radius 3 is 2.24 bits per heavy atom. The zero-order valence-corrected chi connectivity index (χ0v) is 9.76. The van der Waals surface area contributed by atoms with Crippen LogP contribution in [-0.2, 0) is 5.88 Å². The molecule has 0 saturated heterocycles. The van der Waals surface area contributed by atoms with E-state index in [9.17, 15) is 22.0 Å². The maximum Gasteiger partial charge on any atom is 0.464 e. The molecule has 96 valence electrons. The highest BCUT2D eigenvalue weighted by molar-refractivity contribution is 8.00. The smallest absolute Gasteiger partial charge is 0.398 e. The van der Waals surface area contributed by atoms with Crippen molar-refractivity contribution in [2.75, 3.05) is 5.73 Å². The molecule has 0 aliphatic heterocycles. The van der Waals surface area contributed by atoms with Crippen molar-refractivity contribution in [1.29, 1.82) is 0 Å². The standard InChI is InChI=1S/C9H7ClF5NS/c10-4-5-3-6(1-2-7(5)16)17-9(14,15)8(11,12)13/h1-3H,4,16H2. The van der Waals surface area contributed by atoms with Gasteiger partial charge in [0.2, 0.25) is 0 Å². The van der Waals surface area contributed by atoms with E-state index in [1.54, 1.807) is 0 Å². The van der Waals surface area contributed by atoms with E-state index in [0.717, 1.165) is 12.1 Å². The number of halogens is 6. The van der Waals surface area contributed by atoms with Crippen LogP contribution in [0.4, 0.5) is 27.6 Å². The molecular formula is C9H7ClF5NS. The monoisotopic (exact) mass is 291 g/mol. The lowest BCUT2D eigenvalue weighted by molar-refractivity contribution is -0.237. The summed E-state index contributed by atoms with van der Waals surface area (Å²) in [5.74, 6) is -0.0577. The SMILES string of the molecule is Nc1ccc(SC(F)(F)C(F)(F)F)cc1CCl. The predicted octanol–water partition coefficient (Wildman–Crippen LogP) is 4.25. The summed E-state index contributed by atoms with van der Waals surface area (Å²) in [7, 11) is 0. The van der Waals surface area contributed by atoms with Crippen molar-refractivity contribution in [2.45, 2.75) is 22.2 Å². The number of nitrogens with two attached hydrogens (primary N) is 1. The van der Waals surface area contributed by atoms with Crippen LogP contribution >= 0.6 is 23.4 Å². The first-order valence-electron chi connectivity index (χ1n) is 4.25. The second-order valence-corrected chi connectivity index (χ2v) is 4.57. The van der Waals surface area contributed by atoms with Crippen molar-refractivity contribution in [3.8, 4) is 0 Å². The summed E-state index contributed by atoms with van der Waals surface area (Å²) >= 11 is 4.88. The average Bonchev–Trinajstić information content (AvgIpc) is 2.19. The highest BCUT2D eigenvalue weighted by atomic mass is 35.5. The number of hydrogen-bond donors (Lipinski definition) is 1. The summed E-state index contributed by atoms with van der Waals surface area (Å²) < 4.78 is 61.3. The molecular weight excluding hydrogens is 285 g/mol. The van der Waals surface area contributed by atoms with Crippen LogP contribution in [0, 0.1) is 0 Å². The molecule has 0 aliphatic rings. The molecule has 0 fully saturated rings.